The summed E-state index contributed by atoms with van der Waals surface area (Å²) in [7, 11) is 0. The molecule has 1 saturated heterocycles. The summed E-state index contributed by atoms with van der Waals surface area (Å²) in [6, 6.07) is 0. The Kier molecular flexibility index (Phi) is 1.26. The van der Waals surface area contributed by atoms with Crippen molar-refractivity contribution in [2.24, 2.45) is 0 Å². The molecule has 1 aliphatic heterocycles. The Bertz CT molecular complexity index is 114. The molecule has 1 aliphatic rings. The SMILES string of the molecule is O=C1COCC(=[OH+])O1. The van der Waals surface area contributed by atoms with E-state index in [9.17, 15) is 4.79 Å². The molecular weight excluding hydrogens is 112 g/mol. The minimum atomic E-state index is -0.547. The van der Waals surface area contributed by atoms with Crippen LogP contribution < -0.4 is 0 Å². The largest absolute Gasteiger partial charge is 0.518 e. The number of hydrogen-bond acceptors (Lipinski definition) is 3. The highest BCUT2D eigenvalue weighted by atomic mass is 16.6. The molecule has 0 atom stereocenters. The first-order chi connectivity index (χ1) is 3.79. The van der Waals surface area contributed by atoms with Gasteiger partial charge in [0.05, 0.1) is 0 Å². The van der Waals surface area contributed by atoms with Crippen molar-refractivity contribution in [3.63, 3.8) is 0 Å². The van der Waals surface area contributed by atoms with Crippen LogP contribution in [-0.2, 0) is 14.3 Å². The Morgan fingerprint density at radius 3 is 2.62 bits per heavy atom. The van der Waals surface area contributed by atoms with Gasteiger partial charge in [-0.3, -0.25) is 0 Å². The summed E-state index contributed by atoms with van der Waals surface area (Å²) < 4.78 is 8.73. The Morgan fingerprint density at radius 2 is 2.25 bits per heavy atom. The van der Waals surface area contributed by atoms with Crippen molar-refractivity contribution >= 4 is 11.9 Å². The van der Waals surface area contributed by atoms with Gasteiger partial charge in [0.1, 0.15) is 0 Å². The Labute approximate surface area is 45.4 Å². The van der Waals surface area contributed by atoms with Crippen molar-refractivity contribution < 1.29 is 19.1 Å². The maximum atomic E-state index is 10.1. The number of ether oxygens (including phenoxy) is 2. The van der Waals surface area contributed by atoms with Crippen molar-refractivity contribution in [3.05, 3.63) is 0 Å². The van der Waals surface area contributed by atoms with Crippen LogP contribution in [0.2, 0.25) is 0 Å². The molecule has 8 heavy (non-hydrogen) atoms. The van der Waals surface area contributed by atoms with Crippen molar-refractivity contribution in [1.82, 2.24) is 0 Å². The molecule has 0 aromatic rings. The Balaban J connectivity index is 2.45. The molecule has 0 radical (unpaired) electrons. The van der Waals surface area contributed by atoms with E-state index in [4.69, 9.17) is 4.79 Å². The maximum absolute atomic E-state index is 10.1. The first-order valence-electron chi connectivity index (χ1n) is 2.12. The lowest BCUT2D eigenvalue weighted by Crippen LogP contribution is -2.28. The fraction of sp³-hybridized carbons (Fsp3) is 0.500. The van der Waals surface area contributed by atoms with Gasteiger partial charge in [-0.1, -0.05) is 0 Å². The van der Waals surface area contributed by atoms with Crippen LogP contribution in [0, 0.1) is 0 Å². The van der Waals surface area contributed by atoms with Gasteiger partial charge in [0.25, 0.3) is 0 Å². The summed E-state index contributed by atoms with van der Waals surface area (Å²) in [5.41, 5.74) is 0. The second-order valence-electron chi connectivity index (χ2n) is 1.36. The molecule has 4 nitrogen and oxygen atoms in total. The van der Waals surface area contributed by atoms with Crippen LogP contribution >= 0.6 is 0 Å². The summed E-state index contributed by atoms with van der Waals surface area (Å²) >= 11 is 0. The molecule has 1 heterocycles. The van der Waals surface area contributed by atoms with E-state index >= 15 is 0 Å². The number of esters is 2. The molecule has 4 heteroatoms. The molecule has 0 bridgehead atoms. The molecule has 0 unspecified atom stereocenters. The Hall–Kier alpha value is -0.900. The maximum Gasteiger partial charge on any atom is 0.518 e. The zero-order valence-corrected chi connectivity index (χ0v) is 4.09. The quantitative estimate of drug-likeness (QED) is 0.234. The molecule has 0 saturated carbocycles. The monoisotopic (exact) mass is 117 g/mol. The van der Waals surface area contributed by atoms with Crippen LogP contribution in [0.1, 0.15) is 0 Å². The number of rotatable bonds is 0. The van der Waals surface area contributed by atoms with Gasteiger partial charge >= 0.3 is 11.9 Å². The fourth-order valence-corrected chi connectivity index (χ4v) is 0.412. The van der Waals surface area contributed by atoms with Gasteiger partial charge in [-0.05, 0) is 0 Å². The molecule has 0 amide bonds. The number of carbonyl (C=O) groups excluding carboxylic acids is 2. The molecular formula is C4H5O4+. The zero-order valence-electron chi connectivity index (χ0n) is 4.09. The highest BCUT2D eigenvalue weighted by Gasteiger charge is 2.26. The predicted molar refractivity (Wildman–Crippen MR) is 23.9 cm³/mol. The molecule has 1 fully saturated rings. The van der Waals surface area contributed by atoms with E-state index in [2.05, 4.69) is 9.47 Å². The first kappa shape index (κ1) is 5.24. The highest BCUT2D eigenvalue weighted by molar-refractivity contribution is 5.89. The minimum Gasteiger partial charge on any atom is -0.349 e. The highest BCUT2D eigenvalue weighted by Crippen LogP contribution is 1.90. The minimum absolute atomic E-state index is 0.00569. The summed E-state index contributed by atoms with van der Waals surface area (Å²) in [5.74, 6) is -0.907. The van der Waals surface area contributed by atoms with Gasteiger partial charge in [-0.15, -0.1) is 0 Å². The summed E-state index contributed by atoms with van der Waals surface area (Å²) in [5, 5.41) is 0. The lowest BCUT2D eigenvalue weighted by molar-refractivity contribution is -0.145. The Morgan fingerprint density at radius 1 is 1.50 bits per heavy atom. The lowest BCUT2D eigenvalue weighted by Gasteiger charge is -1.99. The van der Waals surface area contributed by atoms with Gasteiger partial charge in [0.15, 0.2) is 6.61 Å². The van der Waals surface area contributed by atoms with Gasteiger partial charge in [0.2, 0.25) is 6.61 Å². The van der Waals surface area contributed by atoms with E-state index in [1.165, 1.54) is 0 Å². The predicted octanol–water partition coefficient (Wildman–Crippen LogP) is -0.938. The first-order valence-corrected chi connectivity index (χ1v) is 2.12. The summed E-state index contributed by atoms with van der Waals surface area (Å²) in [6.07, 6.45) is 0. The van der Waals surface area contributed by atoms with E-state index in [0.29, 0.717) is 0 Å². The van der Waals surface area contributed by atoms with E-state index < -0.39 is 5.97 Å². The van der Waals surface area contributed by atoms with Gasteiger partial charge in [-0.25, -0.2) is 9.53 Å². The molecule has 1 rings (SSSR count). The van der Waals surface area contributed by atoms with Crippen LogP contribution in [0.25, 0.3) is 0 Å². The molecule has 0 aromatic carbocycles. The average Bonchev–Trinajstić information content (AvgIpc) is 1.64. The number of hydrogen-bond donors (Lipinski definition) is 0. The molecule has 44 valence electrons. The molecule has 0 aliphatic carbocycles. The third-order valence-corrected chi connectivity index (χ3v) is 0.677. The van der Waals surface area contributed by atoms with E-state index in [1.807, 2.05) is 0 Å². The third kappa shape index (κ3) is 1.04. The van der Waals surface area contributed by atoms with Crippen LogP contribution in [0.5, 0.6) is 0 Å². The van der Waals surface area contributed by atoms with Gasteiger partial charge < -0.3 is 9.53 Å². The summed E-state index contributed by atoms with van der Waals surface area (Å²) in [4.78, 5) is 18.6. The van der Waals surface area contributed by atoms with E-state index in [0.717, 1.165) is 0 Å². The van der Waals surface area contributed by atoms with Gasteiger partial charge in [-0.2, -0.15) is 0 Å². The second kappa shape index (κ2) is 1.92. The smallest absolute Gasteiger partial charge is 0.349 e. The van der Waals surface area contributed by atoms with Crippen molar-refractivity contribution in [1.29, 1.82) is 0 Å². The molecule has 1 N–H and O–H groups in total. The summed E-state index contributed by atoms with van der Waals surface area (Å²) in [6.45, 7) is -0.0597. The normalized spacial score (nSPS) is 20.5. The van der Waals surface area contributed by atoms with Crippen molar-refractivity contribution in [2.75, 3.05) is 13.2 Å². The zero-order chi connectivity index (χ0) is 5.98. The number of carbonyl (C=O) groups is 1. The van der Waals surface area contributed by atoms with Gasteiger partial charge in [0, 0.05) is 0 Å². The van der Waals surface area contributed by atoms with Crippen LogP contribution in [0.3, 0.4) is 0 Å². The molecule has 0 spiro atoms. The molecule has 0 aromatic heterocycles. The van der Waals surface area contributed by atoms with E-state index in [1.54, 1.807) is 0 Å². The van der Waals surface area contributed by atoms with Crippen molar-refractivity contribution in [3.8, 4) is 0 Å². The fourth-order valence-electron chi connectivity index (χ4n) is 0.412. The van der Waals surface area contributed by atoms with Crippen LogP contribution in [0.15, 0.2) is 0 Å². The lowest BCUT2D eigenvalue weighted by atomic mass is 10.6. The van der Waals surface area contributed by atoms with Crippen molar-refractivity contribution in [2.45, 2.75) is 0 Å². The van der Waals surface area contributed by atoms with Crippen LogP contribution in [-0.4, -0.2) is 29.9 Å². The number of cyclic esters (lactones) is 2. The van der Waals surface area contributed by atoms with E-state index in [-0.39, 0.29) is 19.2 Å². The van der Waals surface area contributed by atoms with Crippen LogP contribution in [0.4, 0.5) is 0 Å². The third-order valence-electron chi connectivity index (χ3n) is 0.677. The standard InChI is InChI=1S/C4H4O4/c5-3-1-7-2-4(6)8-3/h1-2H2/p+1. The second-order valence-corrected chi connectivity index (χ2v) is 1.36. The topological polar surface area (TPSA) is 56.9 Å². The average molecular weight is 117 g/mol.